The van der Waals surface area contributed by atoms with Crippen LogP contribution in [0.25, 0.3) is 0 Å². The van der Waals surface area contributed by atoms with Crippen molar-refractivity contribution in [1.29, 1.82) is 5.26 Å². The van der Waals surface area contributed by atoms with Crippen molar-refractivity contribution in [3.05, 3.63) is 33.8 Å². The molecule has 6 heteroatoms. The maximum atomic E-state index is 11.3. The molecule has 0 amide bonds. The van der Waals surface area contributed by atoms with Gasteiger partial charge in [-0.1, -0.05) is 29.3 Å². The van der Waals surface area contributed by atoms with Gasteiger partial charge in [-0.15, -0.1) is 0 Å². The van der Waals surface area contributed by atoms with Gasteiger partial charge in [0.15, 0.2) is 15.1 Å². The molecule has 80 valence electrons. The molecule has 1 aromatic carbocycles. The van der Waals surface area contributed by atoms with Crippen molar-refractivity contribution in [1.82, 2.24) is 0 Å². The average molecular weight is 264 g/mol. The highest BCUT2D eigenvalue weighted by atomic mass is 35.5. The molecule has 0 radical (unpaired) electrons. The lowest BCUT2D eigenvalue weighted by Crippen LogP contribution is -2.09. The summed E-state index contributed by atoms with van der Waals surface area (Å²) in [7, 11) is -3.46. The topological polar surface area (TPSA) is 57.9 Å². The molecule has 0 bridgehead atoms. The first-order valence-corrected chi connectivity index (χ1v) is 6.60. The summed E-state index contributed by atoms with van der Waals surface area (Å²) in [6.07, 6.45) is 1.00. The fourth-order valence-electron chi connectivity index (χ4n) is 1.09. The van der Waals surface area contributed by atoms with Crippen LogP contribution in [0.3, 0.4) is 0 Å². The van der Waals surface area contributed by atoms with E-state index in [0.717, 1.165) is 6.26 Å². The third-order valence-corrected chi connectivity index (χ3v) is 3.76. The van der Waals surface area contributed by atoms with E-state index in [1.54, 1.807) is 6.07 Å². The van der Waals surface area contributed by atoms with Gasteiger partial charge in [-0.05, 0) is 17.7 Å². The van der Waals surface area contributed by atoms with E-state index in [1.165, 1.54) is 18.2 Å². The summed E-state index contributed by atoms with van der Waals surface area (Å²) in [5.74, 6) is 0. The van der Waals surface area contributed by atoms with E-state index in [4.69, 9.17) is 28.5 Å². The highest BCUT2D eigenvalue weighted by Gasteiger charge is 2.22. The molecular formula is C9H7Cl2NO2S. The van der Waals surface area contributed by atoms with Crippen molar-refractivity contribution in [2.24, 2.45) is 0 Å². The largest absolute Gasteiger partial charge is 0.227 e. The van der Waals surface area contributed by atoms with Crippen LogP contribution in [0.2, 0.25) is 10.0 Å². The van der Waals surface area contributed by atoms with Crippen molar-refractivity contribution >= 4 is 33.0 Å². The first-order chi connectivity index (χ1) is 6.86. The van der Waals surface area contributed by atoms with E-state index in [9.17, 15) is 8.42 Å². The third kappa shape index (κ3) is 2.85. The first kappa shape index (κ1) is 12.3. The molecule has 3 nitrogen and oxygen atoms in total. The molecule has 0 heterocycles. The summed E-state index contributed by atoms with van der Waals surface area (Å²) in [6, 6.07) is 6.05. The van der Waals surface area contributed by atoms with Gasteiger partial charge in [-0.2, -0.15) is 5.26 Å². The van der Waals surface area contributed by atoms with Crippen molar-refractivity contribution in [3.63, 3.8) is 0 Å². The normalized spacial score (nSPS) is 13.2. The van der Waals surface area contributed by atoms with Gasteiger partial charge in [0.2, 0.25) is 0 Å². The highest BCUT2D eigenvalue weighted by molar-refractivity contribution is 7.91. The first-order valence-electron chi connectivity index (χ1n) is 3.89. The fraction of sp³-hybridized carbons (Fsp3) is 0.222. The number of hydrogen-bond acceptors (Lipinski definition) is 3. The number of nitriles is 1. The van der Waals surface area contributed by atoms with Crippen LogP contribution in [0.5, 0.6) is 0 Å². The number of benzene rings is 1. The van der Waals surface area contributed by atoms with Gasteiger partial charge in [0.1, 0.15) is 0 Å². The van der Waals surface area contributed by atoms with Gasteiger partial charge in [0.05, 0.1) is 16.1 Å². The van der Waals surface area contributed by atoms with Crippen LogP contribution in [0.4, 0.5) is 0 Å². The Labute approximate surface area is 98.2 Å². The lowest BCUT2D eigenvalue weighted by Gasteiger charge is -2.07. The second-order valence-corrected chi connectivity index (χ2v) is 5.96. The van der Waals surface area contributed by atoms with Crippen LogP contribution >= 0.6 is 23.2 Å². The molecule has 0 aliphatic rings. The standard InChI is InChI=1S/C9H7Cl2NO2S/c1-15(13,14)9(5-12)6-2-3-7(10)8(11)4-6/h2-4,9H,1H3. The number of hydrogen-bond donors (Lipinski definition) is 0. The van der Waals surface area contributed by atoms with Crippen molar-refractivity contribution in [2.45, 2.75) is 5.25 Å². The molecule has 0 saturated heterocycles. The maximum Gasteiger partial charge on any atom is 0.172 e. The lowest BCUT2D eigenvalue weighted by molar-refractivity contribution is 0.597. The zero-order valence-corrected chi connectivity index (χ0v) is 10.1. The molecule has 0 saturated carbocycles. The van der Waals surface area contributed by atoms with Crippen LogP contribution in [0, 0.1) is 11.3 Å². The zero-order valence-electron chi connectivity index (χ0n) is 7.74. The van der Waals surface area contributed by atoms with Gasteiger partial charge in [0, 0.05) is 6.26 Å². The van der Waals surface area contributed by atoms with Gasteiger partial charge >= 0.3 is 0 Å². The monoisotopic (exact) mass is 263 g/mol. The molecule has 1 unspecified atom stereocenters. The molecule has 0 aromatic heterocycles. The Kier molecular flexibility index (Phi) is 3.61. The van der Waals surface area contributed by atoms with Crippen LogP contribution in [-0.4, -0.2) is 14.7 Å². The Hall–Kier alpha value is -0.760. The molecule has 15 heavy (non-hydrogen) atoms. The minimum Gasteiger partial charge on any atom is -0.227 e. The maximum absolute atomic E-state index is 11.3. The molecule has 1 rings (SSSR count). The molecular weight excluding hydrogens is 257 g/mol. The van der Waals surface area contributed by atoms with Crippen molar-refractivity contribution < 1.29 is 8.42 Å². The minimum atomic E-state index is -3.46. The average Bonchev–Trinajstić information content (AvgIpc) is 2.10. The van der Waals surface area contributed by atoms with E-state index in [0.29, 0.717) is 10.6 Å². The van der Waals surface area contributed by atoms with E-state index in [2.05, 4.69) is 0 Å². The molecule has 0 N–H and O–H groups in total. The summed E-state index contributed by atoms with van der Waals surface area (Å²) in [5, 5.41) is 8.13. The van der Waals surface area contributed by atoms with E-state index in [-0.39, 0.29) is 5.02 Å². The Morgan fingerprint density at radius 3 is 2.33 bits per heavy atom. The smallest absolute Gasteiger partial charge is 0.172 e. The van der Waals surface area contributed by atoms with E-state index >= 15 is 0 Å². The zero-order chi connectivity index (χ0) is 11.6. The van der Waals surface area contributed by atoms with Crippen LogP contribution in [0.15, 0.2) is 18.2 Å². The second-order valence-electron chi connectivity index (χ2n) is 3.01. The number of rotatable bonds is 2. The molecule has 0 aliphatic heterocycles. The van der Waals surface area contributed by atoms with Gasteiger partial charge < -0.3 is 0 Å². The SMILES string of the molecule is CS(=O)(=O)C(C#N)c1ccc(Cl)c(Cl)c1. The van der Waals surface area contributed by atoms with E-state index < -0.39 is 15.1 Å². The third-order valence-electron chi connectivity index (χ3n) is 1.79. The second kappa shape index (κ2) is 4.40. The summed E-state index contributed by atoms with van der Waals surface area (Å²) in [4.78, 5) is 0. The summed E-state index contributed by atoms with van der Waals surface area (Å²) < 4.78 is 22.5. The quantitative estimate of drug-likeness (QED) is 0.824. The Bertz CT molecular complexity index is 519. The minimum absolute atomic E-state index is 0.234. The molecule has 0 fully saturated rings. The van der Waals surface area contributed by atoms with Crippen LogP contribution < -0.4 is 0 Å². The Morgan fingerprint density at radius 1 is 1.33 bits per heavy atom. The fourth-order valence-corrected chi connectivity index (χ4v) is 2.23. The number of nitrogens with zero attached hydrogens (tertiary/aromatic N) is 1. The predicted molar refractivity (Wildman–Crippen MR) is 59.7 cm³/mol. The van der Waals surface area contributed by atoms with Gasteiger partial charge in [-0.25, -0.2) is 8.42 Å². The Morgan fingerprint density at radius 2 is 1.93 bits per heavy atom. The van der Waals surface area contributed by atoms with Gasteiger partial charge in [-0.3, -0.25) is 0 Å². The van der Waals surface area contributed by atoms with Crippen molar-refractivity contribution in [3.8, 4) is 6.07 Å². The van der Waals surface area contributed by atoms with Gasteiger partial charge in [0.25, 0.3) is 0 Å². The Balaban J connectivity index is 3.28. The summed E-state index contributed by atoms with van der Waals surface area (Å²) >= 11 is 11.4. The molecule has 1 aromatic rings. The number of sulfone groups is 1. The van der Waals surface area contributed by atoms with Crippen LogP contribution in [0.1, 0.15) is 10.8 Å². The predicted octanol–water partition coefficient (Wildman–Crippen LogP) is 2.60. The summed E-state index contributed by atoms with van der Waals surface area (Å²) in [5.41, 5.74) is 0.328. The summed E-state index contributed by atoms with van der Waals surface area (Å²) in [6.45, 7) is 0. The van der Waals surface area contributed by atoms with Crippen molar-refractivity contribution in [2.75, 3.05) is 6.26 Å². The molecule has 0 spiro atoms. The van der Waals surface area contributed by atoms with E-state index in [1.807, 2.05) is 0 Å². The highest BCUT2D eigenvalue weighted by Crippen LogP contribution is 2.28. The van der Waals surface area contributed by atoms with Crippen LogP contribution in [-0.2, 0) is 9.84 Å². The number of halogens is 2. The molecule has 0 aliphatic carbocycles. The molecule has 1 atom stereocenters. The lowest BCUT2D eigenvalue weighted by atomic mass is 10.2.